The molecule has 1 saturated heterocycles. The van der Waals surface area contributed by atoms with E-state index >= 15 is 0 Å². The molecule has 118 valence electrons. The van der Waals surface area contributed by atoms with Gasteiger partial charge in [0.1, 0.15) is 0 Å². The van der Waals surface area contributed by atoms with E-state index in [-0.39, 0.29) is 12.7 Å². The van der Waals surface area contributed by atoms with Crippen LogP contribution in [-0.2, 0) is 4.74 Å². The second-order valence-electron chi connectivity index (χ2n) is 7.26. The fourth-order valence-electron chi connectivity index (χ4n) is 3.92. The standard InChI is InChI=1S/C16H32N2O2/c1-5-17-15-13(6-7-16(15,3)4)8-18-9-14(10-19)20-11-12(18)2/h12-15,17,19H,5-11H2,1-4H3. The highest BCUT2D eigenvalue weighted by Crippen LogP contribution is 2.41. The van der Waals surface area contributed by atoms with Crippen LogP contribution < -0.4 is 5.32 Å². The number of nitrogens with one attached hydrogen (secondary N) is 1. The first-order valence-electron chi connectivity index (χ1n) is 8.17. The molecule has 1 heterocycles. The van der Waals surface area contributed by atoms with Gasteiger partial charge in [-0.2, -0.15) is 0 Å². The third kappa shape index (κ3) is 3.53. The molecule has 4 unspecified atom stereocenters. The molecule has 0 aromatic heterocycles. The number of aliphatic hydroxyl groups excluding tert-OH is 1. The maximum atomic E-state index is 9.31. The molecule has 2 aliphatic rings. The average molecular weight is 284 g/mol. The molecule has 1 aliphatic carbocycles. The van der Waals surface area contributed by atoms with Gasteiger partial charge in [0, 0.05) is 25.2 Å². The van der Waals surface area contributed by atoms with E-state index in [0.717, 1.165) is 26.2 Å². The van der Waals surface area contributed by atoms with Crippen molar-refractivity contribution in [3.8, 4) is 0 Å². The molecule has 0 radical (unpaired) electrons. The van der Waals surface area contributed by atoms with Gasteiger partial charge in [-0.3, -0.25) is 4.90 Å². The van der Waals surface area contributed by atoms with E-state index in [1.165, 1.54) is 12.8 Å². The van der Waals surface area contributed by atoms with Gasteiger partial charge >= 0.3 is 0 Å². The van der Waals surface area contributed by atoms with Crippen molar-refractivity contribution in [1.82, 2.24) is 10.2 Å². The summed E-state index contributed by atoms with van der Waals surface area (Å²) in [4.78, 5) is 2.51. The minimum Gasteiger partial charge on any atom is -0.394 e. The Bertz CT molecular complexity index is 309. The molecule has 0 amide bonds. The zero-order chi connectivity index (χ0) is 14.8. The normalized spacial score (nSPS) is 38.2. The summed E-state index contributed by atoms with van der Waals surface area (Å²) in [6.07, 6.45) is 2.61. The summed E-state index contributed by atoms with van der Waals surface area (Å²) in [6, 6.07) is 1.07. The van der Waals surface area contributed by atoms with Crippen LogP contribution >= 0.6 is 0 Å². The van der Waals surface area contributed by atoms with Crippen molar-refractivity contribution < 1.29 is 9.84 Å². The second-order valence-corrected chi connectivity index (χ2v) is 7.26. The minimum absolute atomic E-state index is 0.00167. The van der Waals surface area contributed by atoms with Crippen LogP contribution in [-0.4, -0.2) is 61.0 Å². The van der Waals surface area contributed by atoms with Crippen LogP contribution in [0, 0.1) is 11.3 Å². The van der Waals surface area contributed by atoms with Gasteiger partial charge in [-0.05, 0) is 37.6 Å². The zero-order valence-corrected chi connectivity index (χ0v) is 13.6. The Morgan fingerprint density at radius 2 is 2.15 bits per heavy atom. The molecular weight excluding hydrogens is 252 g/mol. The number of hydrogen-bond donors (Lipinski definition) is 2. The third-order valence-electron chi connectivity index (χ3n) is 5.20. The highest BCUT2D eigenvalue weighted by Gasteiger charge is 2.42. The Morgan fingerprint density at radius 1 is 1.40 bits per heavy atom. The van der Waals surface area contributed by atoms with Gasteiger partial charge in [0.15, 0.2) is 0 Å². The molecule has 20 heavy (non-hydrogen) atoms. The summed E-state index contributed by atoms with van der Waals surface area (Å²) in [7, 11) is 0. The van der Waals surface area contributed by atoms with Crippen LogP contribution in [0.4, 0.5) is 0 Å². The van der Waals surface area contributed by atoms with Crippen LogP contribution in [0.25, 0.3) is 0 Å². The quantitative estimate of drug-likeness (QED) is 0.803. The highest BCUT2D eigenvalue weighted by molar-refractivity contribution is 4.97. The predicted molar refractivity (Wildman–Crippen MR) is 81.8 cm³/mol. The van der Waals surface area contributed by atoms with E-state index in [2.05, 4.69) is 37.9 Å². The van der Waals surface area contributed by atoms with Crippen LogP contribution in [0.15, 0.2) is 0 Å². The molecule has 0 bridgehead atoms. The summed E-state index contributed by atoms with van der Waals surface area (Å²) >= 11 is 0. The SMILES string of the molecule is CCNC1C(CN2CC(CO)OCC2C)CCC1(C)C. The summed E-state index contributed by atoms with van der Waals surface area (Å²) < 4.78 is 5.64. The molecule has 2 fully saturated rings. The number of hydrogen-bond acceptors (Lipinski definition) is 4. The van der Waals surface area contributed by atoms with Crippen LogP contribution in [0.2, 0.25) is 0 Å². The first-order valence-corrected chi connectivity index (χ1v) is 8.17. The third-order valence-corrected chi connectivity index (χ3v) is 5.20. The van der Waals surface area contributed by atoms with Gasteiger partial charge in [0.2, 0.25) is 0 Å². The molecule has 4 heteroatoms. The summed E-state index contributed by atoms with van der Waals surface area (Å²) in [5.41, 5.74) is 0.395. The molecule has 4 atom stereocenters. The lowest BCUT2D eigenvalue weighted by atomic mass is 9.84. The number of nitrogens with zero attached hydrogens (tertiary/aromatic N) is 1. The molecule has 1 aliphatic heterocycles. The number of rotatable bonds is 5. The molecule has 0 aromatic carbocycles. The van der Waals surface area contributed by atoms with Gasteiger partial charge in [-0.15, -0.1) is 0 Å². The fraction of sp³-hybridized carbons (Fsp3) is 1.00. The lowest BCUT2D eigenvalue weighted by Crippen LogP contribution is -2.53. The highest BCUT2D eigenvalue weighted by atomic mass is 16.5. The Hall–Kier alpha value is -0.160. The Balaban J connectivity index is 1.97. The smallest absolute Gasteiger partial charge is 0.0933 e. The second kappa shape index (κ2) is 6.73. The van der Waals surface area contributed by atoms with Crippen molar-refractivity contribution in [1.29, 1.82) is 0 Å². The lowest BCUT2D eigenvalue weighted by molar-refractivity contribution is -0.0824. The van der Waals surface area contributed by atoms with E-state index in [1.807, 2.05) is 0 Å². The number of aliphatic hydroxyl groups is 1. The first kappa shape index (κ1) is 16.2. The van der Waals surface area contributed by atoms with E-state index < -0.39 is 0 Å². The van der Waals surface area contributed by atoms with Crippen molar-refractivity contribution in [2.24, 2.45) is 11.3 Å². The van der Waals surface area contributed by atoms with Gasteiger partial charge < -0.3 is 15.2 Å². The van der Waals surface area contributed by atoms with Gasteiger partial charge in [0.25, 0.3) is 0 Å². The largest absolute Gasteiger partial charge is 0.394 e. The number of ether oxygens (including phenoxy) is 1. The van der Waals surface area contributed by atoms with E-state index in [9.17, 15) is 5.11 Å². The fourth-order valence-corrected chi connectivity index (χ4v) is 3.92. The van der Waals surface area contributed by atoms with E-state index in [0.29, 0.717) is 23.4 Å². The van der Waals surface area contributed by atoms with Crippen molar-refractivity contribution in [2.75, 3.05) is 32.8 Å². The molecule has 1 saturated carbocycles. The molecular formula is C16H32N2O2. The molecule has 4 nitrogen and oxygen atoms in total. The molecule has 2 rings (SSSR count). The van der Waals surface area contributed by atoms with Crippen LogP contribution in [0.3, 0.4) is 0 Å². The maximum Gasteiger partial charge on any atom is 0.0933 e. The summed E-state index contributed by atoms with van der Waals surface area (Å²) in [5, 5.41) is 13.0. The Kier molecular flexibility index (Phi) is 5.46. The molecule has 0 aromatic rings. The summed E-state index contributed by atoms with van der Waals surface area (Å²) in [6.45, 7) is 13.1. The summed E-state index contributed by atoms with van der Waals surface area (Å²) in [5.74, 6) is 0.713. The van der Waals surface area contributed by atoms with E-state index in [1.54, 1.807) is 0 Å². The number of morpholine rings is 1. The van der Waals surface area contributed by atoms with Crippen molar-refractivity contribution >= 4 is 0 Å². The van der Waals surface area contributed by atoms with Crippen molar-refractivity contribution in [3.05, 3.63) is 0 Å². The molecule has 0 spiro atoms. The van der Waals surface area contributed by atoms with Gasteiger partial charge in [-0.1, -0.05) is 20.8 Å². The van der Waals surface area contributed by atoms with Gasteiger partial charge in [-0.25, -0.2) is 0 Å². The zero-order valence-electron chi connectivity index (χ0n) is 13.6. The maximum absolute atomic E-state index is 9.31. The first-order chi connectivity index (χ1) is 9.47. The monoisotopic (exact) mass is 284 g/mol. The topological polar surface area (TPSA) is 44.7 Å². The van der Waals surface area contributed by atoms with E-state index in [4.69, 9.17) is 4.74 Å². The Morgan fingerprint density at radius 3 is 2.80 bits per heavy atom. The molecule has 2 N–H and O–H groups in total. The van der Waals surface area contributed by atoms with Gasteiger partial charge in [0.05, 0.1) is 19.3 Å². The van der Waals surface area contributed by atoms with Crippen molar-refractivity contribution in [3.63, 3.8) is 0 Å². The predicted octanol–water partition coefficient (Wildman–Crippen LogP) is 1.48. The minimum atomic E-state index is -0.00167. The lowest BCUT2D eigenvalue weighted by Gasteiger charge is -2.40. The average Bonchev–Trinajstić information content (AvgIpc) is 2.69. The Labute approximate surface area is 123 Å². The van der Waals surface area contributed by atoms with Crippen LogP contribution in [0.5, 0.6) is 0 Å². The van der Waals surface area contributed by atoms with Crippen LogP contribution in [0.1, 0.15) is 40.5 Å². The van der Waals surface area contributed by atoms with Crippen molar-refractivity contribution in [2.45, 2.75) is 58.7 Å².